The third-order valence-electron chi connectivity index (χ3n) is 4.55. The Morgan fingerprint density at radius 3 is 0.833 bits per heavy atom. The van der Waals surface area contributed by atoms with Crippen molar-refractivity contribution in [2.45, 2.75) is 79.1 Å². The van der Waals surface area contributed by atoms with E-state index in [0.717, 1.165) is 0 Å². The van der Waals surface area contributed by atoms with E-state index in [0.29, 0.717) is 0 Å². The first kappa shape index (κ1) is 20.5. The van der Waals surface area contributed by atoms with E-state index in [1.807, 2.05) is 0 Å². The van der Waals surface area contributed by atoms with Crippen LogP contribution < -0.4 is 0 Å². The van der Waals surface area contributed by atoms with Gasteiger partial charge in [0.05, 0.1) is 0 Å². The Labute approximate surface area is 150 Å². The van der Waals surface area contributed by atoms with Crippen LogP contribution in [0.5, 0.6) is 0 Å². The molecule has 0 atom stereocenters. The summed E-state index contributed by atoms with van der Waals surface area (Å²) in [7, 11) is 0. The van der Waals surface area contributed by atoms with Crippen LogP contribution in [0.4, 0.5) is 0 Å². The Morgan fingerprint density at radius 1 is 0.500 bits per heavy atom. The van der Waals surface area contributed by atoms with Crippen LogP contribution in [0.1, 0.15) is 90.5 Å². The van der Waals surface area contributed by atoms with E-state index in [1.54, 1.807) is 0 Å². The van der Waals surface area contributed by atoms with Gasteiger partial charge < -0.3 is 0 Å². The third-order valence-corrected chi connectivity index (χ3v) is 4.55. The molecule has 1 aliphatic rings. The quantitative estimate of drug-likeness (QED) is 0.471. The molecule has 0 aliphatic heterocycles. The average Bonchev–Trinajstić information content (AvgIpc) is 2.55. The van der Waals surface area contributed by atoms with Crippen LogP contribution >= 0.6 is 0 Å². The first-order valence-corrected chi connectivity index (χ1v) is 9.48. The van der Waals surface area contributed by atoms with Gasteiger partial charge in [-0.2, -0.15) is 0 Å². The predicted octanol–water partition coefficient (Wildman–Crippen LogP) is 7.48. The highest BCUT2D eigenvalue weighted by molar-refractivity contribution is 5.58. The fourth-order valence-corrected chi connectivity index (χ4v) is 3.44. The topological polar surface area (TPSA) is 0 Å². The molecule has 2 aromatic carbocycles. The Kier molecular flexibility index (Phi) is 7.27. The molecule has 0 bridgehead atoms. The highest BCUT2D eigenvalue weighted by atomic mass is 14.4. The van der Waals surface area contributed by atoms with Crippen LogP contribution in [0, 0.1) is 0 Å². The van der Waals surface area contributed by atoms with Gasteiger partial charge in [-0.1, -0.05) is 117 Å². The number of benzene rings is 2. The van der Waals surface area contributed by atoms with Crippen molar-refractivity contribution in [3.05, 3.63) is 70.8 Å². The van der Waals surface area contributed by atoms with Gasteiger partial charge in [0, 0.05) is 10.8 Å². The second kappa shape index (κ2) is 8.51. The fourth-order valence-electron chi connectivity index (χ4n) is 3.44. The molecule has 0 aromatic heterocycles. The Bertz CT molecular complexity index is 524. The first-order chi connectivity index (χ1) is 11.3. The molecule has 0 heteroatoms. The maximum atomic E-state index is 2.33. The smallest absolute Gasteiger partial charge is 0.0152 e. The third kappa shape index (κ3) is 3.91. The van der Waals surface area contributed by atoms with Gasteiger partial charge in [-0.25, -0.2) is 0 Å². The largest absolute Gasteiger partial charge is 0.0656 e. The molecular formula is C24H36. The van der Waals surface area contributed by atoms with Crippen molar-refractivity contribution in [2.75, 3.05) is 0 Å². The van der Waals surface area contributed by atoms with Gasteiger partial charge in [0.25, 0.3) is 0 Å². The van der Waals surface area contributed by atoms with Crippen LogP contribution in [-0.2, 0) is 10.8 Å². The minimum Gasteiger partial charge on any atom is -0.0656 e. The minimum atomic E-state index is 0.0999. The lowest BCUT2D eigenvalue weighted by Gasteiger charge is -2.43. The fraction of sp³-hybridized carbons (Fsp3) is 0.500. The van der Waals surface area contributed by atoms with Crippen LogP contribution in [0.25, 0.3) is 0 Å². The van der Waals surface area contributed by atoms with E-state index >= 15 is 0 Å². The van der Waals surface area contributed by atoms with Crippen molar-refractivity contribution in [1.29, 1.82) is 0 Å². The van der Waals surface area contributed by atoms with Gasteiger partial charge >= 0.3 is 0 Å². The number of hydrogen-bond acceptors (Lipinski definition) is 0. The van der Waals surface area contributed by atoms with Crippen molar-refractivity contribution in [2.24, 2.45) is 0 Å². The second-order valence-corrected chi connectivity index (χ2v) is 7.76. The zero-order chi connectivity index (χ0) is 18.4. The monoisotopic (exact) mass is 324 g/mol. The normalized spacial score (nSPS) is 15.7. The minimum absolute atomic E-state index is 0.0999. The zero-order valence-corrected chi connectivity index (χ0v) is 17.0. The van der Waals surface area contributed by atoms with Gasteiger partial charge in [0.1, 0.15) is 0 Å². The standard InChI is InChI=1S/C18H20.2C3H8/c1-17(2)13-9-5-7-11-15(13)18(3,4)16-12-8-6-10-14(16)17;2*1-3-2/h5-12H,1-4H3;2*3H2,1-2H3. The van der Waals surface area contributed by atoms with Crippen molar-refractivity contribution < 1.29 is 0 Å². The lowest BCUT2D eigenvalue weighted by molar-refractivity contribution is 0.520. The van der Waals surface area contributed by atoms with Gasteiger partial charge in [-0.3, -0.25) is 0 Å². The van der Waals surface area contributed by atoms with Gasteiger partial charge in [-0.15, -0.1) is 0 Å². The van der Waals surface area contributed by atoms with Crippen molar-refractivity contribution in [3.63, 3.8) is 0 Å². The molecule has 0 amide bonds. The van der Waals surface area contributed by atoms with E-state index in [-0.39, 0.29) is 10.8 Å². The molecule has 24 heavy (non-hydrogen) atoms. The number of rotatable bonds is 0. The number of hydrogen-bond donors (Lipinski definition) is 0. The molecule has 0 nitrogen and oxygen atoms in total. The van der Waals surface area contributed by atoms with E-state index in [1.165, 1.54) is 35.1 Å². The van der Waals surface area contributed by atoms with Crippen molar-refractivity contribution in [3.8, 4) is 0 Å². The van der Waals surface area contributed by atoms with Crippen molar-refractivity contribution in [1.82, 2.24) is 0 Å². The first-order valence-electron chi connectivity index (χ1n) is 9.48. The van der Waals surface area contributed by atoms with E-state index in [4.69, 9.17) is 0 Å². The molecule has 1 aliphatic carbocycles. The summed E-state index contributed by atoms with van der Waals surface area (Å²) in [5, 5.41) is 0. The summed E-state index contributed by atoms with van der Waals surface area (Å²) < 4.78 is 0. The van der Waals surface area contributed by atoms with Crippen LogP contribution in [0.15, 0.2) is 48.5 Å². The molecule has 0 unspecified atom stereocenters. The van der Waals surface area contributed by atoms with Gasteiger partial charge in [0.2, 0.25) is 0 Å². The summed E-state index contributed by atoms with van der Waals surface area (Å²) >= 11 is 0. The molecule has 0 radical (unpaired) electrons. The average molecular weight is 325 g/mol. The highest BCUT2D eigenvalue weighted by Gasteiger charge is 2.40. The summed E-state index contributed by atoms with van der Waals surface area (Å²) in [6, 6.07) is 17.8. The van der Waals surface area contributed by atoms with Gasteiger partial charge in [0.15, 0.2) is 0 Å². The summed E-state index contributed by atoms with van der Waals surface area (Å²) in [5.41, 5.74) is 6.07. The molecule has 0 N–H and O–H groups in total. The molecule has 2 aromatic rings. The zero-order valence-electron chi connectivity index (χ0n) is 17.0. The van der Waals surface area contributed by atoms with Gasteiger partial charge in [-0.05, 0) is 22.3 Å². The molecule has 0 fully saturated rings. The lowest BCUT2D eigenvalue weighted by atomic mass is 9.60. The summed E-state index contributed by atoms with van der Waals surface area (Å²) in [6.07, 6.45) is 2.50. The molecule has 132 valence electrons. The molecular weight excluding hydrogens is 288 g/mol. The Hall–Kier alpha value is -1.56. The Morgan fingerprint density at radius 2 is 0.667 bits per heavy atom. The van der Waals surface area contributed by atoms with Crippen molar-refractivity contribution >= 4 is 0 Å². The van der Waals surface area contributed by atoms with Crippen LogP contribution in [0.3, 0.4) is 0 Å². The highest BCUT2D eigenvalue weighted by Crippen LogP contribution is 2.49. The summed E-state index contributed by atoms with van der Waals surface area (Å²) in [4.78, 5) is 0. The summed E-state index contributed by atoms with van der Waals surface area (Å²) in [6.45, 7) is 17.8. The van der Waals surface area contributed by atoms with E-state index in [2.05, 4.69) is 104 Å². The Balaban J connectivity index is 0.000000423. The predicted molar refractivity (Wildman–Crippen MR) is 109 cm³/mol. The maximum absolute atomic E-state index is 2.33. The summed E-state index contributed by atoms with van der Waals surface area (Å²) in [5.74, 6) is 0. The van der Waals surface area contributed by atoms with E-state index in [9.17, 15) is 0 Å². The maximum Gasteiger partial charge on any atom is 0.0152 e. The van der Waals surface area contributed by atoms with Crippen LogP contribution in [-0.4, -0.2) is 0 Å². The lowest BCUT2D eigenvalue weighted by Crippen LogP contribution is -2.36. The molecule has 3 rings (SSSR count). The molecule has 0 saturated carbocycles. The number of fused-ring (bicyclic) bond motifs is 2. The van der Waals surface area contributed by atoms with Crippen LogP contribution in [0.2, 0.25) is 0 Å². The molecule has 0 saturated heterocycles. The van der Waals surface area contributed by atoms with E-state index < -0.39 is 0 Å². The SMILES string of the molecule is CC1(C)c2ccccc2C(C)(C)c2ccccc21.CCC.CCC. The molecule has 0 heterocycles. The second-order valence-electron chi connectivity index (χ2n) is 7.76. The molecule has 0 spiro atoms.